The molecule has 7 nitrogen and oxygen atoms in total. The maximum absolute atomic E-state index is 13.8. The zero-order valence-corrected chi connectivity index (χ0v) is 21.0. The van der Waals surface area contributed by atoms with Gasteiger partial charge in [0.25, 0.3) is 5.56 Å². The molecule has 4 atom stereocenters. The number of fused-ring (bicyclic) bond motifs is 3. The highest BCUT2D eigenvalue weighted by Crippen LogP contribution is 2.51. The molecule has 0 bridgehead atoms. The van der Waals surface area contributed by atoms with Gasteiger partial charge in [-0.1, -0.05) is 36.4 Å². The highest BCUT2D eigenvalue weighted by molar-refractivity contribution is 5.83. The average molecular weight is 489 g/mol. The quantitative estimate of drug-likeness (QED) is 0.675. The number of likely N-dealkylation sites (N-methyl/N-ethyl adjacent to an activating group) is 1. The van der Waals surface area contributed by atoms with E-state index in [0.29, 0.717) is 18.0 Å². The lowest BCUT2D eigenvalue weighted by Crippen LogP contribution is -2.55. The van der Waals surface area contributed by atoms with Crippen molar-refractivity contribution >= 4 is 18.1 Å². The molecule has 1 aromatic heterocycles. The Morgan fingerprint density at radius 1 is 1.03 bits per heavy atom. The Balaban J connectivity index is 1.32. The van der Waals surface area contributed by atoms with Gasteiger partial charge in [0.15, 0.2) is 0 Å². The van der Waals surface area contributed by atoms with Crippen LogP contribution in [0.4, 0.5) is 0 Å². The number of likely N-dealkylation sites (tertiary alicyclic amines) is 1. The minimum absolute atomic E-state index is 0.00372. The standard InChI is InChI=1S/C29H36N4O3/c1-30-13-15-31(16-14-30)29(36)27-24(19-34)23-18-32-25(26(23)33(27)17-21-7-8-21)12-11-22(28(32)35)10-9-20-5-3-2-4-6-20/h2-6,9-12,21,23-24,26-27,34H,7-8,13-19H2,1H3/b10-9+/t23-,24-,26+,27-/m0/s1. The molecule has 1 aliphatic carbocycles. The molecular weight excluding hydrogens is 452 g/mol. The zero-order valence-electron chi connectivity index (χ0n) is 21.0. The fourth-order valence-corrected chi connectivity index (χ4v) is 6.50. The van der Waals surface area contributed by atoms with Crippen LogP contribution in [0.1, 0.15) is 35.7 Å². The highest BCUT2D eigenvalue weighted by Gasteiger charge is 2.56. The van der Waals surface area contributed by atoms with Crippen LogP contribution >= 0.6 is 0 Å². The van der Waals surface area contributed by atoms with Crippen molar-refractivity contribution in [1.29, 1.82) is 0 Å². The van der Waals surface area contributed by atoms with E-state index in [4.69, 9.17) is 0 Å². The summed E-state index contributed by atoms with van der Waals surface area (Å²) in [5, 5.41) is 10.5. The number of rotatable bonds is 6. The van der Waals surface area contributed by atoms with Crippen molar-refractivity contribution < 1.29 is 9.90 Å². The minimum atomic E-state index is -0.310. The number of amides is 1. The molecule has 0 radical (unpaired) electrons. The van der Waals surface area contributed by atoms with E-state index in [1.165, 1.54) is 12.8 Å². The molecule has 1 aromatic carbocycles. The Hall–Kier alpha value is -2.74. The Morgan fingerprint density at radius 2 is 1.78 bits per heavy atom. The third kappa shape index (κ3) is 4.23. The van der Waals surface area contributed by atoms with E-state index in [1.54, 1.807) is 0 Å². The van der Waals surface area contributed by atoms with Crippen LogP contribution in [-0.4, -0.2) is 82.7 Å². The van der Waals surface area contributed by atoms with Crippen LogP contribution in [0.3, 0.4) is 0 Å². The Bertz CT molecular complexity index is 1200. The number of nitrogens with zero attached hydrogens (tertiary/aromatic N) is 4. The Morgan fingerprint density at radius 3 is 2.47 bits per heavy atom. The maximum Gasteiger partial charge on any atom is 0.258 e. The molecular formula is C29H36N4O3. The summed E-state index contributed by atoms with van der Waals surface area (Å²) in [4.78, 5) is 34.0. The van der Waals surface area contributed by atoms with Crippen molar-refractivity contribution in [3.63, 3.8) is 0 Å². The first kappa shape index (κ1) is 23.6. The molecule has 1 N–H and O–H groups in total. The Labute approximate surface area is 212 Å². The van der Waals surface area contributed by atoms with E-state index in [9.17, 15) is 14.7 Å². The second kappa shape index (κ2) is 9.61. The van der Waals surface area contributed by atoms with Crippen LogP contribution in [0.15, 0.2) is 47.3 Å². The van der Waals surface area contributed by atoms with E-state index in [1.807, 2.05) is 58.0 Å². The number of aromatic nitrogens is 1. The fraction of sp³-hybridized carbons (Fsp3) is 0.517. The van der Waals surface area contributed by atoms with Crippen molar-refractivity contribution in [2.75, 3.05) is 46.4 Å². The summed E-state index contributed by atoms with van der Waals surface area (Å²) in [6.07, 6.45) is 6.26. The second-order valence-electron chi connectivity index (χ2n) is 11.0. The number of hydrogen-bond donors (Lipinski definition) is 1. The summed E-state index contributed by atoms with van der Waals surface area (Å²) in [6.45, 7) is 4.64. The number of pyridine rings is 1. The first-order valence-corrected chi connectivity index (χ1v) is 13.4. The van der Waals surface area contributed by atoms with Gasteiger partial charge in [0.05, 0.1) is 12.1 Å². The molecule has 1 saturated carbocycles. The normalized spacial score (nSPS) is 28.6. The number of piperazine rings is 1. The van der Waals surface area contributed by atoms with Crippen LogP contribution in [0.5, 0.6) is 0 Å². The third-order valence-electron chi connectivity index (χ3n) is 8.71. The third-order valence-corrected chi connectivity index (χ3v) is 8.71. The molecule has 2 saturated heterocycles. The molecule has 3 aliphatic heterocycles. The zero-order chi connectivity index (χ0) is 24.8. The molecule has 0 spiro atoms. The number of carbonyl (C=O) groups excluding carboxylic acids is 1. The van der Waals surface area contributed by atoms with E-state index in [2.05, 4.69) is 22.9 Å². The predicted octanol–water partition coefficient (Wildman–Crippen LogP) is 2.17. The number of benzene rings is 1. The first-order valence-electron chi connectivity index (χ1n) is 13.4. The molecule has 4 aliphatic rings. The molecule has 2 aromatic rings. The monoisotopic (exact) mass is 488 g/mol. The first-order chi connectivity index (χ1) is 17.5. The number of carbonyl (C=O) groups is 1. The number of hydrogen-bond acceptors (Lipinski definition) is 5. The van der Waals surface area contributed by atoms with Crippen LogP contribution in [0.2, 0.25) is 0 Å². The molecule has 0 unspecified atom stereocenters. The molecule has 7 heteroatoms. The topological polar surface area (TPSA) is 69.0 Å². The SMILES string of the molecule is CN1CCN(C(=O)[C@@H]2[C@@H](CO)[C@@H]3Cn4c(ccc(/C=C/c5ccccc5)c4=O)[C@@H]3N2CC2CC2)CC1. The molecule has 36 heavy (non-hydrogen) atoms. The van der Waals surface area contributed by atoms with Gasteiger partial charge in [-0.2, -0.15) is 0 Å². The van der Waals surface area contributed by atoms with Crippen LogP contribution in [0.25, 0.3) is 12.2 Å². The number of aliphatic hydroxyl groups excluding tert-OH is 1. The van der Waals surface area contributed by atoms with E-state index < -0.39 is 0 Å². The maximum atomic E-state index is 13.8. The van der Waals surface area contributed by atoms with Gasteiger partial charge in [0.2, 0.25) is 5.91 Å². The van der Waals surface area contributed by atoms with E-state index >= 15 is 0 Å². The summed E-state index contributed by atoms with van der Waals surface area (Å²) < 4.78 is 1.90. The fourth-order valence-electron chi connectivity index (χ4n) is 6.50. The predicted molar refractivity (Wildman–Crippen MR) is 140 cm³/mol. The van der Waals surface area contributed by atoms with Gasteiger partial charge < -0.3 is 19.5 Å². The summed E-state index contributed by atoms with van der Waals surface area (Å²) in [7, 11) is 2.09. The van der Waals surface area contributed by atoms with Crippen LogP contribution < -0.4 is 5.56 Å². The minimum Gasteiger partial charge on any atom is -0.396 e. The van der Waals surface area contributed by atoms with Crippen molar-refractivity contribution in [3.05, 3.63) is 69.6 Å². The van der Waals surface area contributed by atoms with Gasteiger partial charge in [-0.25, -0.2) is 0 Å². The summed E-state index contributed by atoms with van der Waals surface area (Å²) in [6, 6.07) is 13.7. The lowest BCUT2D eigenvalue weighted by Gasteiger charge is -2.38. The van der Waals surface area contributed by atoms with E-state index in [0.717, 1.165) is 44.0 Å². The molecule has 6 rings (SSSR count). The van der Waals surface area contributed by atoms with Gasteiger partial charge in [0, 0.05) is 69.0 Å². The second-order valence-corrected chi connectivity index (χ2v) is 11.0. The molecule has 4 heterocycles. The summed E-state index contributed by atoms with van der Waals surface area (Å²) >= 11 is 0. The van der Waals surface area contributed by atoms with Crippen molar-refractivity contribution in [2.24, 2.45) is 17.8 Å². The van der Waals surface area contributed by atoms with Crippen LogP contribution in [-0.2, 0) is 11.3 Å². The molecule has 3 fully saturated rings. The van der Waals surface area contributed by atoms with Gasteiger partial charge in [-0.15, -0.1) is 0 Å². The van der Waals surface area contributed by atoms with Crippen LogP contribution in [0, 0.1) is 17.8 Å². The number of aliphatic hydroxyl groups is 1. The largest absolute Gasteiger partial charge is 0.396 e. The van der Waals surface area contributed by atoms with Gasteiger partial charge in [-0.3, -0.25) is 14.5 Å². The smallest absolute Gasteiger partial charge is 0.258 e. The lowest BCUT2D eigenvalue weighted by molar-refractivity contribution is -0.140. The van der Waals surface area contributed by atoms with Gasteiger partial charge in [0.1, 0.15) is 0 Å². The Kier molecular flexibility index (Phi) is 6.32. The summed E-state index contributed by atoms with van der Waals surface area (Å²) in [5.41, 5.74) is 2.73. The van der Waals surface area contributed by atoms with Crippen molar-refractivity contribution in [3.8, 4) is 0 Å². The molecule has 1 amide bonds. The van der Waals surface area contributed by atoms with Gasteiger partial charge in [-0.05, 0) is 49.6 Å². The van der Waals surface area contributed by atoms with Crippen molar-refractivity contribution in [1.82, 2.24) is 19.3 Å². The summed E-state index contributed by atoms with van der Waals surface area (Å²) in [5.74, 6) is 0.674. The van der Waals surface area contributed by atoms with Crippen molar-refractivity contribution in [2.45, 2.75) is 31.5 Å². The average Bonchev–Trinajstić information content (AvgIpc) is 3.56. The highest BCUT2D eigenvalue weighted by atomic mass is 16.3. The van der Waals surface area contributed by atoms with Gasteiger partial charge >= 0.3 is 0 Å². The molecule has 190 valence electrons. The van der Waals surface area contributed by atoms with E-state index in [-0.39, 0.29) is 42.0 Å². The lowest BCUT2D eigenvalue weighted by atomic mass is 9.88.